The quantitative estimate of drug-likeness (QED) is 0.486. The van der Waals surface area contributed by atoms with E-state index in [1.807, 2.05) is 54.3 Å². The molecule has 2 aromatic carbocycles. The minimum Gasteiger partial charge on any atom is -0.338 e. The standard InChI is InChI=1S/C26H28BrN5O3/c1-17-7-8-21(15-22(17)32-11-3-6-24(32)33)28-26(34)18-9-12-31(13-10-18)16-23-29-25(30-35-23)19-4-2-5-20(27)14-19/h2,4-5,7-8,14-15,18H,3,6,9-13,16H2,1H3,(H,28,34). The van der Waals surface area contributed by atoms with Gasteiger partial charge in [-0.25, -0.2) is 0 Å². The first-order chi connectivity index (χ1) is 17.0. The first-order valence-corrected chi connectivity index (χ1v) is 12.8. The zero-order chi connectivity index (χ0) is 24.4. The van der Waals surface area contributed by atoms with Gasteiger partial charge in [0, 0.05) is 40.3 Å². The fraction of sp³-hybridized carbons (Fsp3) is 0.385. The van der Waals surface area contributed by atoms with Crippen LogP contribution in [0, 0.1) is 12.8 Å². The number of carbonyl (C=O) groups excluding carboxylic acids is 2. The highest BCUT2D eigenvalue weighted by molar-refractivity contribution is 9.10. The average Bonchev–Trinajstić information content (AvgIpc) is 3.50. The molecule has 182 valence electrons. The maximum Gasteiger partial charge on any atom is 0.241 e. The lowest BCUT2D eigenvalue weighted by atomic mass is 9.95. The van der Waals surface area contributed by atoms with Gasteiger partial charge < -0.3 is 14.7 Å². The number of amides is 2. The molecule has 0 radical (unpaired) electrons. The van der Waals surface area contributed by atoms with E-state index in [1.54, 1.807) is 0 Å². The third-order valence-corrected chi connectivity index (χ3v) is 7.20. The number of anilines is 2. The van der Waals surface area contributed by atoms with Crippen LogP contribution in [0.4, 0.5) is 11.4 Å². The number of carbonyl (C=O) groups is 2. The van der Waals surface area contributed by atoms with Crippen LogP contribution in [-0.4, -0.2) is 46.5 Å². The van der Waals surface area contributed by atoms with E-state index < -0.39 is 0 Å². The Kier molecular flexibility index (Phi) is 6.97. The lowest BCUT2D eigenvalue weighted by molar-refractivity contribution is -0.121. The van der Waals surface area contributed by atoms with Crippen molar-refractivity contribution in [3.63, 3.8) is 0 Å². The van der Waals surface area contributed by atoms with Crippen molar-refractivity contribution in [2.45, 2.75) is 39.2 Å². The van der Waals surface area contributed by atoms with Gasteiger partial charge in [-0.3, -0.25) is 14.5 Å². The van der Waals surface area contributed by atoms with E-state index in [1.165, 1.54) is 0 Å². The molecule has 8 nitrogen and oxygen atoms in total. The number of aromatic nitrogens is 2. The number of hydrogen-bond donors (Lipinski definition) is 1. The summed E-state index contributed by atoms with van der Waals surface area (Å²) in [5.74, 6) is 1.27. The van der Waals surface area contributed by atoms with Crippen molar-refractivity contribution >= 4 is 39.1 Å². The molecule has 0 saturated carbocycles. The van der Waals surface area contributed by atoms with Gasteiger partial charge in [-0.05, 0) is 69.1 Å². The number of halogens is 1. The van der Waals surface area contributed by atoms with Crippen molar-refractivity contribution < 1.29 is 14.1 Å². The van der Waals surface area contributed by atoms with Crippen molar-refractivity contribution in [3.8, 4) is 11.4 Å². The third kappa shape index (κ3) is 5.46. The molecular weight excluding hydrogens is 510 g/mol. The molecule has 3 heterocycles. The number of likely N-dealkylation sites (tertiary alicyclic amines) is 1. The number of hydrogen-bond acceptors (Lipinski definition) is 6. The van der Waals surface area contributed by atoms with Gasteiger partial charge in [0.15, 0.2) is 0 Å². The van der Waals surface area contributed by atoms with Crippen LogP contribution in [0.25, 0.3) is 11.4 Å². The van der Waals surface area contributed by atoms with E-state index in [-0.39, 0.29) is 17.7 Å². The van der Waals surface area contributed by atoms with Gasteiger partial charge in [-0.1, -0.05) is 39.3 Å². The summed E-state index contributed by atoms with van der Waals surface area (Å²) in [6.07, 6.45) is 3.00. The number of nitrogens with zero attached hydrogens (tertiary/aromatic N) is 4. The van der Waals surface area contributed by atoms with Crippen LogP contribution >= 0.6 is 15.9 Å². The maximum atomic E-state index is 12.9. The normalized spacial score (nSPS) is 17.2. The number of aryl methyl sites for hydroxylation is 1. The average molecular weight is 538 g/mol. The maximum absolute atomic E-state index is 12.9. The lowest BCUT2D eigenvalue weighted by Crippen LogP contribution is -2.37. The van der Waals surface area contributed by atoms with Gasteiger partial charge in [-0.2, -0.15) is 4.98 Å². The van der Waals surface area contributed by atoms with Crippen LogP contribution in [0.3, 0.4) is 0 Å². The Morgan fingerprint density at radius 3 is 2.74 bits per heavy atom. The van der Waals surface area contributed by atoms with E-state index in [2.05, 4.69) is 36.3 Å². The van der Waals surface area contributed by atoms with Crippen molar-refractivity contribution in [1.82, 2.24) is 15.0 Å². The second-order valence-electron chi connectivity index (χ2n) is 9.21. The molecule has 5 rings (SSSR count). The molecule has 0 spiro atoms. The minimum atomic E-state index is -0.0515. The third-order valence-electron chi connectivity index (χ3n) is 6.71. The molecule has 0 unspecified atom stereocenters. The summed E-state index contributed by atoms with van der Waals surface area (Å²) < 4.78 is 6.43. The minimum absolute atomic E-state index is 0.0296. The molecule has 9 heteroatoms. The number of piperidine rings is 1. The first kappa shape index (κ1) is 23.7. The highest BCUT2D eigenvalue weighted by atomic mass is 79.9. The number of nitrogens with one attached hydrogen (secondary N) is 1. The van der Waals surface area contributed by atoms with Gasteiger partial charge in [0.2, 0.25) is 23.5 Å². The molecule has 1 aromatic heterocycles. The molecule has 1 N–H and O–H groups in total. The zero-order valence-corrected chi connectivity index (χ0v) is 21.3. The summed E-state index contributed by atoms with van der Waals surface area (Å²) in [6.45, 7) is 4.87. The summed E-state index contributed by atoms with van der Waals surface area (Å²) in [5.41, 5.74) is 3.57. The van der Waals surface area contributed by atoms with Gasteiger partial charge in [0.05, 0.1) is 6.54 Å². The number of rotatable bonds is 6. The van der Waals surface area contributed by atoms with Crippen molar-refractivity contribution in [1.29, 1.82) is 0 Å². The van der Waals surface area contributed by atoms with E-state index in [4.69, 9.17) is 4.52 Å². The van der Waals surface area contributed by atoms with Crippen LogP contribution in [-0.2, 0) is 16.1 Å². The van der Waals surface area contributed by atoms with E-state index in [9.17, 15) is 9.59 Å². The fourth-order valence-electron chi connectivity index (χ4n) is 4.73. The SMILES string of the molecule is Cc1ccc(NC(=O)C2CCN(Cc3nc(-c4cccc(Br)c4)no3)CC2)cc1N1CCCC1=O. The van der Waals surface area contributed by atoms with Crippen LogP contribution in [0.5, 0.6) is 0 Å². The molecular formula is C26H28BrN5O3. The Morgan fingerprint density at radius 1 is 1.17 bits per heavy atom. The fourth-order valence-corrected chi connectivity index (χ4v) is 5.13. The lowest BCUT2D eigenvalue weighted by Gasteiger charge is -2.30. The van der Waals surface area contributed by atoms with Gasteiger partial charge in [-0.15, -0.1) is 0 Å². The van der Waals surface area contributed by atoms with Crippen molar-refractivity contribution in [3.05, 3.63) is 58.4 Å². The monoisotopic (exact) mass is 537 g/mol. The summed E-state index contributed by atoms with van der Waals surface area (Å²) in [7, 11) is 0. The molecule has 0 atom stereocenters. The van der Waals surface area contributed by atoms with E-state index >= 15 is 0 Å². The highest BCUT2D eigenvalue weighted by Gasteiger charge is 2.27. The van der Waals surface area contributed by atoms with Gasteiger partial charge in [0.25, 0.3) is 0 Å². The van der Waals surface area contributed by atoms with Crippen LogP contribution < -0.4 is 10.2 Å². The summed E-state index contributed by atoms with van der Waals surface area (Å²) >= 11 is 3.47. The van der Waals surface area contributed by atoms with Crippen LogP contribution in [0.1, 0.15) is 37.1 Å². The summed E-state index contributed by atoms with van der Waals surface area (Å²) in [5, 5.41) is 7.18. The van der Waals surface area contributed by atoms with E-state index in [0.717, 1.165) is 65.9 Å². The second-order valence-corrected chi connectivity index (χ2v) is 10.1. The molecule has 2 aliphatic heterocycles. The van der Waals surface area contributed by atoms with Gasteiger partial charge in [0.1, 0.15) is 0 Å². The predicted octanol–water partition coefficient (Wildman–Crippen LogP) is 4.79. The van der Waals surface area contributed by atoms with Crippen molar-refractivity contribution in [2.24, 2.45) is 5.92 Å². The molecule has 2 amide bonds. The zero-order valence-electron chi connectivity index (χ0n) is 19.7. The molecule has 35 heavy (non-hydrogen) atoms. The smallest absolute Gasteiger partial charge is 0.241 e. The second kappa shape index (κ2) is 10.3. The Bertz CT molecular complexity index is 1240. The molecule has 2 fully saturated rings. The molecule has 0 bridgehead atoms. The Morgan fingerprint density at radius 2 is 2.00 bits per heavy atom. The van der Waals surface area contributed by atoms with Crippen molar-refractivity contribution in [2.75, 3.05) is 29.9 Å². The van der Waals surface area contributed by atoms with Gasteiger partial charge >= 0.3 is 0 Å². The molecule has 2 saturated heterocycles. The molecule has 0 aliphatic carbocycles. The Hall–Kier alpha value is -3.04. The van der Waals surface area contributed by atoms with Crippen LogP contribution in [0.15, 0.2) is 51.5 Å². The molecule has 2 aliphatic rings. The Balaban J connectivity index is 1.15. The predicted molar refractivity (Wildman–Crippen MR) is 137 cm³/mol. The van der Waals surface area contributed by atoms with Crippen LogP contribution in [0.2, 0.25) is 0 Å². The summed E-state index contributed by atoms with van der Waals surface area (Å²) in [4.78, 5) is 33.7. The summed E-state index contributed by atoms with van der Waals surface area (Å²) in [6, 6.07) is 13.6. The molecule has 3 aromatic rings. The number of benzene rings is 2. The highest BCUT2D eigenvalue weighted by Crippen LogP contribution is 2.29. The first-order valence-electron chi connectivity index (χ1n) is 12.0. The Labute approximate surface area is 212 Å². The topological polar surface area (TPSA) is 91.6 Å². The van der Waals surface area contributed by atoms with E-state index in [0.29, 0.717) is 24.7 Å². The largest absolute Gasteiger partial charge is 0.338 e.